The molecular weight excluding hydrogens is 417 g/mol. The fourth-order valence-electron chi connectivity index (χ4n) is 2.31. The highest BCUT2D eigenvalue weighted by atomic mass is 32.2. The first kappa shape index (κ1) is 20.7. The number of tetrazole rings is 1. The average Bonchev–Trinajstić information content (AvgIpc) is 3.11. The van der Waals surface area contributed by atoms with Crippen LogP contribution in [-0.4, -0.2) is 31.9 Å². The van der Waals surface area contributed by atoms with Crippen molar-refractivity contribution in [2.75, 3.05) is 5.32 Å². The van der Waals surface area contributed by atoms with Crippen LogP contribution in [0.25, 0.3) is 11.4 Å². The molecule has 1 heterocycles. The van der Waals surface area contributed by atoms with Crippen LogP contribution in [0.1, 0.15) is 5.56 Å². The van der Waals surface area contributed by atoms with Gasteiger partial charge in [0.1, 0.15) is 6.54 Å². The Labute approximate surface area is 165 Å². The molecule has 0 unspecified atom stereocenters. The highest BCUT2D eigenvalue weighted by Crippen LogP contribution is 2.31. The molecule has 1 aromatic heterocycles. The third kappa shape index (κ3) is 5.73. The SMILES string of the molecule is O=C(Cn1nnc(-c2cccc(C(F)(F)F)c2)n1)Nc1ccc(SC(F)F)cc1. The van der Waals surface area contributed by atoms with Gasteiger partial charge in [-0.15, -0.1) is 10.2 Å². The van der Waals surface area contributed by atoms with Crippen molar-refractivity contribution in [1.82, 2.24) is 20.2 Å². The standard InChI is InChI=1S/C17H12F5N5OS/c18-16(19)29-13-6-4-12(5-7-13)23-14(28)9-27-25-15(24-26-27)10-2-1-3-11(8-10)17(20,21)22/h1-8,16H,9H2,(H,23,28). The van der Waals surface area contributed by atoms with Crippen LogP contribution >= 0.6 is 11.8 Å². The molecular formula is C17H12F5N5OS. The summed E-state index contributed by atoms with van der Waals surface area (Å²) in [6.07, 6.45) is -4.50. The van der Waals surface area contributed by atoms with Gasteiger partial charge >= 0.3 is 6.18 Å². The Kier molecular flexibility index (Phi) is 6.11. The summed E-state index contributed by atoms with van der Waals surface area (Å²) in [7, 11) is 0. The van der Waals surface area contributed by atoms with Crippen LogP contribution in [-0.2, 0) is 17.5 Å². The minimum Gasteiger partial charge on any atom is -0.324 e. The Hall–Kier alpha value is -3.02. The maximum Gasteiger partial charge on any atom is 0.416 e. The molecule has 1 amide bonds. The minimum atomic E-state index is -4.50. The quantitative estimate of drug-likeness (QED) is 0.467. The number of thioether (sulfide) groups is 1. The fraction of sp³-hybridized carbons (Fsp3) is 0.176. The van der Waals surface area contributed by atoms with Crippen molar-refractivity contribution in [2.24, 2.45) is 0 Å². The van der Waals surface area contributed by atoms with Crippen molar-refractivity contribution < 1.29 is 26.7 Å². The van der Waals surface area contributed by atoms with Crippen molar-refractivity contribution in [3.8, 4) is 11.4 Å². The number of rotatable bonds is 6. The molecule has 0 fully saturated rings. The lowest BCUT2D eigenvalue weighted by Crippen LogP contribution is -2.20. The summed E-state index contributed by atoms with van der Waals surface area (Å²) in [4.78, 5) is 13.3. The van der Waals surface area contributed by atoms with Crippen molar-refractivity contribution >= 4 is 23.4 Å². The molecule has 0 radical (unpaired) electrons. The van der Waals surface area contributed by atoms with E-state index >= 15 is 0 Å². The molecule has 0 saturated carbocycles. The summed E-state index contributed by atoms with van der Waals surface area (Å²) in [6.45, 7) is -0.334. The van der Waals surface area contributed by atoms with Gasteiger partial charge in [-0.3, -0.25) is 4.79 Å². The summed E-state index contributed by atoms with van der Waals surface area (Å²) in [5, 5.41) is 13.8. The third-order valence-corrected chi connectivity index (χ3v) is 4.27. The van der Waals surface area contributed by atoms with E-state index in [1.54, 1.807) is 0 Å². The first-order valence-electron chi connectivity index (χ1n) is 8.01. The van der Waals surface area contributed by atoms with Crippen LogP contribution < -0.4 is 5.32 Å². The van der Waals surface area contributed by atoms with Gasteiger partial charge in [0, 0.05) is 16.1 Å². The molecule has 0 aliphatic rings. The van der Waals surface area contributed by atoms with Gasteiger partial charge in [-0.1, -0.05) is 23.9 Å². The highest BCUT2D eigenvalue weighted by Gasteiger charge is 2.30. The van der Waals surface area contributed by atoms with Gasteiger partial charge in [-0.2, -0.15) is 26.7 Å². The van der Waals surface area contributed by atoms with Crippen molar-refractivity contribution in [2.45, 2.75) is 23.4 Å². The minimum absolute atomic E-state index is 0.0581. The van der Waals surface area contributed by atoms with Crippen molar-refractivity contribution in [3.63, 3.8) is 0 Å². The number of anilines is 1. The lowest BCUT2D eigenvalue weighted by molar-refractivity contribution is -0.137. The molecule has 29 heavy (non-hydrogen) atoms. The van der Waals surface area contributed by atoms with Crippen LogP contribution in [0.2, 0.25) is 0 Å². The van der Waals surface area contributed by atoms with E-state index in [2.05, 4.69) is 20.7 Å². The topological polar surface area (TPSA) is 72.7 Å². The van der Waals surface area contributed by atoms with E-state index < -0.39 is 23.4 Å². The summed E-state index contributed by atoms with van der Waals surface area (Å²) in [5.41, 5.74) is -0.358. The van der Waals surface area contributed by atoms with Crippen LogP contribution in [0, 0.1) is 0 Å². The number of hydrogen-bond acceptors (Lipinski definition) is 5. The maximum atomic E-state index is 12.8. The normalized spacial score (nSPS) is 11.7. The van der Waals surface area contributed by atoms with Crippen LogP contribution in [0.5, 0.6) is 0 Å². The first-order chi connectivity index (χ1) is 13.7. The second-order valence-corrected chi connectivity index (χ2v) is 6.74. The molecule has 3 rings (SSSR count). The number of aromatic nitrogens is 4. The maximum absolute atomic E-state index is 12.8. The molecule has 3 aromatic rings. The number of alkyl halides is 5. The number of halogens is 5. The van der Waals surface area contributed by atoms with E-state index in [1.165, 1.54) is 36.4 Å². The highest BCUT2D eigenvalue weighted by molar-refractivity contribution is 7.99. The number of benzene rings is 2. The number of nitrogens with zero attached hydrogens (tertiary/aromatic N) is 4. The van der Waals surface area contributed by atoms with Gasteiger partial charge in [0.25, 0.3) is 5.76 Å². The van der Waals surface area contributed by atoms with Gasteiger partial charge in [-0.25, -0.2) is 0 Å². The molecule has 0 bridgehead atoms. The molecule has 0 aliphatic carbocycles. The summed E-state index contributed by atoms with van der Waals surface area (Å²) >= 11 is 0.383. The van der Waals surface area contributed by atoms with Crippen LogP contribution in [0.4, 0.5) is 27.6 Å². The average molecular weight is 429 g/mol. The molecule has 0 atom stereocenters. The summed E-state index contributed by atoms with van der Waals surface area (Å²) < 4.78 is 63.0. The zero-order valence-electron chi connectivity index (χ0n) is 14.4. The van der Waals surface area contributed by atoms with Gasteiger partial charge < -0.3 is 5.32 Å². The Morgan fingerprint density at radius 1 is 1.14 bits per heavy atom. The van der Waals surface area contributed by atoms with E-state index in [-0.39, 0.29) is 17.9 Å². The predicted molar refractivity (Wildman–Crippen MR) is 95.2 cm³/mol. The molecule has 0 spiro atoms. The van der Waals surface area contributed by atoms with Gasteiger partial charge in [-0.05, 0) is 41.6 Å². The Morgan fingerprint density at radius 3 is 2.52 bits per heavy atom. The van der Waals surface area contributed by atoms with Crippen molar-refractivity contribution in [3.05, 3.63) is 54.1 Å². The van der Waals surface area contributed by atoms with Crippen LogP contribution in [0.15, 0.2) is 53.4 Å². The number of amides is 1. The van der Waals surface area contributed by atoms with Gasteiger partial charge in [0.05, 0.1) is 5.56 Å². The van der Waals surface area contributed by atoms with E-state index in [9.17, 15) is 26.7 Å². The zero-order valence-corrected chi connectivity index (χ0v) is 15.2. The fourth-order valence-corrected chi connectivity index (χ4v) is 2.81. The lowest BCUT2D eigenvalue weighted by atomic mass is 10.1. The Balaban J connectivity index is 1.63. The summed E-state index contributed by atoms with van der Waals surface area (Å²) in [6, 6.07) is 10.2. The molecule has 2 aromatic carbocycles. The van der Waals surface area contributed by atoms with Crippen LogP contribution in [0.3, 0.4) is 0 Å². The molecule has 1 N–H and O–H groups in total. The van der Waals surface area contributed by atoms with E-state index in [4.69, 9.17) is 0 Å². The molecule has 0 aliphatic heterocycles. The molecule has 12 heteroatoms. The van der Waals surface area contributed by atoms with Gasteiger partial charge in [0.15, 0.2) is 0 Å². The molecule has 0 saturated heterocycles. The van der Waals surface area contributed by atoms with E-state index in [0.29, 0.717) is 22.3 Å². The zero-order chi connectivity index (χ0) is 21.0. The monoisotopic (exact) mass is 429 g/mol. The Bertz CT molecular complexity index is 990. The lowest BCUT2D eigenvalue weighted by Gasteiger charge is -2.06. The second-order valence-electron chi connectivity index (χ2n) is 5.67. The third-order valence-electron chi connectivity index (χ3n) is 3.55. The number of nitrogens with one attached hydrogen (secondary N) is 1. The van der Waals surface area contributed by atoms with Crippen molar-refractivity contribution in [1.29, 1.82) is 0 Å². The van der Waals surface area contributed by atoms with Gasteiger partial charge in [0.2, 0.25) is 11.7 Å². The van der Waals surface area contributed by atoms with E-state index in [1.807, 2.05) is 0 Å². The number of carbonyl (C=O) groups excluding carboxylic acids is 1. The smallest absolute Gasteiger partial charge is 0.324 e. The first-order valence-corrected chi connectivity index (χ1v) is 8.89. The largest absolute Gasteiger partial charge is 0.416 e. The Morgan fingerprint density at radius 2 is 1.86 bits per heavy atom. The number of carbonyl (C=O) groups is 1. The molecule has 152 valence electrons. The molecule has 6 nitrogen and oxygen atoms in total. The second kappa shape index (κ2) is 8.55. The number of hydrogen-bond donors (Lipinski definition) is 1. The van der Waals surface area contributed by atoms with E-state index in [0.717, 1.165) is 16.9 Å². The summed E-state index contributed by atoms with van der Waals surface area (Å²) in [5.74, 6) is -3.12. The predicted octanol–water partition coefficient (Wildman–Crippen LogP) is 4.31.